The van der Waals surface area contributed by atoms with Gasteiger partial charge in [-0.15, -0.1) is 0 Å². The molecule has 2 aromatic carbocycles. The number of hydrogen-bond donors (Lipinski definition) is 0. The normalized spacial score (nSPS) is 16.1. The largest absolute Gasteiger partial charge is 0.336 e. The van der Waals surface area contributed by atoms with Gasteiger partial charge in [0.05, 0.1) is 16.9 Å². The van der Waals surface area contributed by atoms with E-state index in [2.05, 4.69) is 4.90 Å². The second-order valence-electron chi connectivity index (χ2n) is 7.51. The van der Waals surface area contributed by atoms with Gasteiger partial charge in [-0.1, -0.05) is 29.3 Å². The molecule has 0 saturated carbocycles. The molecular formula is C22H22Cl2N4O2. The van der Waals surface area contributed by atoms with Crippen LogP contribution >= 0.6 is 23.2 Å². The number of hydrogen-bond acceptors (Lipinski definition) is 4. The van der Waals surface area contributed by atoms with Crippen LogP contribution in [-0.4, -0.2) is 51.4 Å². The van der Waals surface area contributed by atoms with E-state index in [0.717, 1.165) is 0 Å². The monoisotopic (exact) mass is 444 g/mol. The Kier molecular flexibility index (Phi) is 5.82. The van der Waals surface area contributed by atoms with Crippen LogP contribution in [0.1, 0.15) is 29.1 Å². The summed E-state index contributed by atoms with van der Waals surface area (Å²) in [6.45, 7) is 4.64. The van der Waals surface area contributed by atoms with Crippen molar-refractivity contribution in [2.75, 3.05) is 26.2 Å². The average molecular weight is 445 g/mol. The molecular weight excluding hydrogens is 423 g/mol. The SMILES string of the molecule is CC(c1nc2ccc(Cl)cc2c(=O)n1C)N1CCN(C(=O)c2cccc(Cl)c2)CC1. The van der Waals surface area contributed by atoms with E-state index >= 15 is 0 Å². The summed E-state index contributed by atoms with van der Waals surface area (Å²) >= 11 is 12.1. The van der Waals surface area contributed by atoms with Crippen molar-refractivity contribution >= 4 is 40.0 Å². The van der Waals surface area contributed by atoms with Gasteiger partial charge >= 0.3 is 0 Å². The van der Waals surface area contributed by atoms with Gasteiger partial charge in [0.25, 0.3) is 11.5 Å². The lowest BCUT2D eigenvalue weighted by molar-refractivity contribution is 0.0572. The van der Waals surface area contributed by atoms with Crippen LogP contribution in [0.25, 0.3) is 10.9 Å². The fourth-order valence-electron chi connectivity index (χ4n) is 3.91. The minimum Gasteiger partial charge on any atom is -0.336 e. The van der Waals surface area contributed by atoms with Crippen molar-refractivity contribution in [3.63, 3.8) is 0 Å². The van der Waals surface area contributed by atoms with E-state index < -0.39 is 0 Å². The number of carbonyl (C=O) groups is 1. The molecule has 0 aliphatic carbocycles. The Labute approximate surface area is 184 Å². The van der Waals surface area contributed by atoms with E-state index in [1.165, 1.54) is 0 Å². The van der Waals surface area contributed by atoms with E-state index in [1.54, 1.807) is 54.1 Å². The van der Waals surface area contributed by atoms with Gasteiger partial charge in [-0.2, -0.15) is 0 Å². The maximum absolute atomic E-state index is 12.8. The molecule has 1 saturated heterocycles. The van der Waals surface area contributed by atoms with Gasteiger partial charge in [-0.3, -0.25) is 19.1 Å². The van der Waals surface area contributed by atoms with Crippen molar-refractivity contribution in [1.29, 1.82) is 0 Å². The number of piperazine rings is 1. The number of rotatable bonds is 3. The number of nitrogens with zero attached hydrogens (tertiary/aromatic N) is 4. The number of fused-ring (bicyclic) bond motifs is 1. The number of carbonyl (C=O) groups excluding carboxylic acids is 1. The molecule has 1 unspecified atom stereocenters. The molecule has 156 valence electrons. The molecule has 3 aromatic rings. The molecule has 1 fully saturated rings. The van der Waals surface area contributed by atoms with Gasteiger partial charge < -0.3 is 4.90 Å². The molecule has 1 amide bonds. The molecule has 0 radical (unpaired) electrons. The van der Waals surface area contributed by atoms with Crippen molar-refractivity contribution in [2.24, 2.45) is 7.05 Å². The van der Waals surface area contributed by atoms with Gasteiger partial charge in [0.1, 0.15) is 5.82 Å². The highest BCUT2D eigenvalue weighted by atomic mass is 35.5. The van der Waals surface area contributed by atoms with Gasteiger partial charge in [0, 0.05) is 48.8 Å². The van der Waals surface area contributed by atoms with Crippen LogP contribution in [0, 0.1) is 0 Å². The van der Waals surface area contributed by atoms with Crippen molar-refractivity contribution in [1.82, 2.24) is 19.4 Å². The predicted molar refractivity (Wildman–Crippen MR) is 119 cm³/mol. The molecule has 1 atom stereocenters. The maximum atomic E-state index is 12.8. The first-order chi connectivity index (χ1) is 14.3. The summed E-state index contributed by atoms with van der Waals surface area (Å²) in [6, 6.07) is 12.1. The first-order valence-electron chi connectivity index (χ1n) is 9.80. The molecule has 4 rings (SSSR count). The first kappa shape index (κ1) is 20.8. The Hall–Kier alpha value is -2.41. The molecule has 2 heterocycles. The summed E-state index contributed by atoms with van der Waals surface area (Å²) in [5.41, 5.74) is 1.12. The second-order valence-corrected chi connectivity index (χ2v) is 8.38. The van der Waals surface area contributed by atoms with Crippen LogP contribution in [0.4, 0.5) is 0 Å². The Morgan fingerprint density at radius 3 is 2.43 bits per heavy atom. The lowest BCUT2D eigenvalue weighted by Gasteiger charge is -2.38. The number of aromatic nitrogens is 2. The third kappa shape index (κ3) is 3.95. The minimum atomic E-state index is -0.112. The minimum absolute atomic E-state index is 0.0158. The molecule has 6 nitrogen and oxygen atoms in total. The number of amides is 1. The molecule has 1 aliphatic heterocycles. The van der Waals surface area contributed by atoms with Crippen LogP contribution in [0.5, 0.6) is 0 Å². The molecule has 8 heteroatoms. The van der Waals surface area contributed by atoms with E-state index in [0.29, 0.717) is 58.5 Å². The molecule has 0 spiro atoms. The highest BCUT2D eigenvalue weighted by Crippen LogP contribution is 2.23. The van der Waals surface area contributed by atoms with Crippen LogP contribution in [0.3, 0.4) is 0 Å². The lowest BCUT2D eigenvalue weighted by Crippen LogP contribution is -2.49. The predicted octanol–water partition coefficient (Wildman–Crippen LogP) is 3.76. The molecule has 0 N–H and O–H groups in total. The van der Waals surface area contributed by atoms with Gasteiger partial charge in [-0.05, 0) is 43.3 Å². The van der Waals surface area contributed by atoms with Crippen molar-refractivity contribution in [3.8, 4) is 0 Å². The zero-order valence-electron chi connectivity index (χ0n) is 16.8. The third-order valence-electron chi connectivity index (χ3n) is 5.67. The van der Waals surface area contributed by atoms with Crippen molar-refractivity contribution in [2.45, 2.75) is 13.0 Å². The second kappa shape index (κ2) is 8.38. The number of benzene rings is 2. The highest BCUT2D eigenvalue weighted by Gasteiger charge is 2.27. The van der Waals surface area contributed by atoms with Gasteiger partial charge in [0.2, 0.25) is 0 Å². The Morgan fingerprint density at radius 2 is 1.73 bits per heavy atom. The average Bonchev–Trinajstić information content (AvgIpc) is 2.76. The molecule has 1 aromatic heterocycles. The Bertz CT molecular complexity index is 1170. The molecule has 0 bridgehead atoms. The summed E-state index contributed by atoms with van der Waals surface area (Å²) in [4.78, 5) is 34.4. The zero-order valence-corrected chi connectivity index (χ0v) is 18.3. The summed E-state index contributed by atoms with van der Waals surface area (Å²) < 4.78 is 1.59. The van der Waals surface area contributed by atoms with Crippen LogP contribution in [-0.2, 0) is 7.05 Å². The fraction of sp³-hybridized carbons (Fsp3) is 0.318. The zero-order chi connectivity index (χ0) is 21.4. The highest BCUT2D eigenvalue weighted by molar-refractivity contribution is 6.31. The van der Waals surface area contributed by atoms with Crippen LogP contribution in [0.15, 0.2) is 47.3 Å². The van der Waals surface area contributed by atoms with Gasteiger partial charge in [-0.25, -0.2) is 4.98 Å². The standard InChI is InChI=1S/C22H22Cl2N4O2/c1-14(20-25-19-7-6-17(24)13-18(19)22(30)26(20)2)27-8-10-28(11-9-27)21(29)15-4-3-5-16(23)12-15/h3-7,12-14H,8-11H2,1-2H3. The Balaban J connectivity index is 1.51. The van der Waals surface area contributed by atoms with E-state index in [1.807, 2.05) is 11.8 Å². The topological polar surface area (TPSA) is 58.4 Å². The summed E-state index contributed by atoms with van der Waals surface area (Å²) in [7, 11) is 1.74. The maximum Gasteiger partial charge on any atom is 0.261 e. The number of halogens is 2. The molecule has 1 aliphatic rings. The van der Waals surface area contributed by atoms with Gasteiger partial charge in [0.15, 0.2) is 0 Å². The van der Waals surface area contributed by atoms with Crippen molar-refractivity contribution in [3.05, 3.63) is 74.3 Å². The lowest BCUT2D eigenvalue weighted by atomic mass is 10.1. The van der Waals surface area contributed by atoms with E-state index in [-0.39, 0.29) is 17.5 Å². The smallest absolute Gasteiger partial charge is 0.261 e. The summed E-state index contributed by atoms with van der Waals surface area (Å²) in [5, 5.41) is 1.58. The fourth-order valence-corrected chi connectivity index (χ4v) is 4.28. The van der Waals surface area contributed by atoms with E-state index in [9.17, 15) is 9.59 Å². The third-order valence-corrected chi connectivity index (χ3v) is 6.14. The quantitative estimate of drug-likeness (QED) is 0.616. The Morgan fingerprint density at radius 1 is 1.03 bits per heavy atom. The summed E-state index contributed by atoms with van der Waals surface area (Å²) in [6.07, 6.45) is 0. The van der Waals surface area contributed by atoms with Crippen LogP contribution in [0.2, 0.25) is 10.0 Å². The summed E-state index contributed by atoms with van der Waals surface area (Å²) in [5.74, 6) is 0.683. The van der Waals surface area contributed by atoms with E-state index in [4.69, 9.17) is 28.2 Å². The van der Waals surface area contributed by atoms with Crippen LogP contribution < -0.4 is 5.56 Å². The molecule has 30 heavy (non-hydrogen) atoms. The van der Waals surface area contributed by atoms with Crippen molar-refractivity contribution < 1.29 is 4.79 Å². The first-order valence-corrected chi connectivity index (χ1v) is 10.6.